The van der Waals surface area contributed by atoms with Crippen molar-refractivity contribution in [3.05, 3.63) is 35.9 Å². The van der Waals surface area contributed by atoms with E-state index in [1.165, 1.54) is 4.90 Å². The molecule has 0 aromatic heterocycles. The molecule has 6 nitrogen and oxygen atoms in total. The summed E-state index contributed by atoms with van der Waals surface area (Å²) >= 11 is 0. The van der Waals surface area contributed by atoms with Gasteiger partial charge in [-0.15, -0.1) is 0 Å². The number of rotatable bonds is 5. The van der Waals surface area contributed by atoms with Crippen LogP contribution in [-0.4, -0.2) is 51.8 Å². The molecule has 1 heterocycles. The molecule has 2 fully saturated rings. The average Bonchev–Trinajstić information content (AvgIpc) is 2.50. The summed E-state index contributed by atoms with van der Waals surface area (Å²) in [4.78, 5) is 39.7. The molecule has 0 radical (unpaired) electrons. The number of carbonyl (C=O) groups is 3. The van der Waals surface area contributed by atoms with Gasteiger partial charge in [0.05, 0.1) is 6.42 Å². The maximum atomic E-state index is 12.8. The van der Waals surface area contributed by atoms with Gasteiger partial charge in [-0.1, -0.05) is 36.8 Å². The lowest BCUT2D eigenvalue weighted by Gasteiger charge is -2.42. The van der Waals surface area contributed by atoms with E-state index in [1.807, 2.05) is 30.3 Å². The summed E-state index contributed by atoms with van der Waals surface area (Å²) in [7, 11) is 0. The second-order valence-electron chi connectivity index (χ2n) is 6.52. The summed E-state index contributed by atoms with van der Waals surface area (Å²) in [6.07, 6.45) is 2.39. The summed E-state index contributed by atoms with van der Waals surface area (Å²) in [5.41, 5.74) is 0.999. The normalized spacial score (nSPS) is 21.5. The number of carbonyl (C=O) groups excluding carboxylic acids is 2. The Kier molecular flexibility index (Phi) is 4.83. The molecule has 0 bridgehead atoms. The van der Waals surface area contributed by atoms with E-state index in [2.05, 4.69) is 0 Å². The molecule has 1 saturated heterocycles. The van der Waals surface area contributed by atoms with Gasteiger partial charge in [0, 0.05) is 25.6 Å². The van der Waals surface area contributed by atoms with Crippen molar-refractivity contribution in [3.63, 3.8) is 0 Å². The fourth-order valence-electron chi connectivity index (χ4n) is 3.32. The molecule has 1 aliphatic carbocycles. The Morgan fingerprint density at radius 2 is 1.83 bits per heavy atom. The highest BCUT2D eigenvalue weighted by Gasteiger charge is 2.41. The fourth-order valence-corrected chi connectivity index (χ4v) is 3.32. The molecule has 6 heteroatoms. The predicted octanol–water partition coefficient (Wildman–Crippen LogP) is 1.50. The number of nitrogens with zero attached hydrogens (tertiary/aromatic N) is 2. The van der Waals surface area contributed by atoms with Crippen molar-refractivity contribution in [3.8, 4) is 0 Å². The Morgan fingerprint density at radius 3 is 2.42 bits per heavy atom. The van der Waals surface area contributed by atoms with Crippen molar-refractivity contribution < 1.29 is 19.5 Å². The lowest BCUT2D eigenvalue weighted by atomic mass is 9.83. The number of amides is 2. The van der Waals surface area contributed by atoms with Gasteiger partial charge in [0.25, 0.3) is 0 Å². The van der Waals surface area contributed by atoms with Gasteiger partial charge in [0.1, 0.15) is 6.04 Å². The average molecular weight is 330 g/mol. The van der Waals surface area contributed by atoms with Crippen molar-refractivity contribution in [1.82, 2.24) is 9.80 Å². The molecule has 3 rings (SSSR count). The van der Waals surface area contributed by atoms with Crippen LogP contribution >= 0.6 is 0 Å². The predicted molar refractivity (Wildman–Crippen MR) is 87.0 cm³/mol. The molecule has 2 amide bonds. The Balaban J connectivity index is 1.74. The van der Waals surface area contributed by atoms with Gasteiger partial charge in [-0.25, -0.2) is 0 Å². The zero-order chi connectivity index (χ0) is 17.1. The topological polar surface area (TPSA) is 77.9 Å². The largest absolute Gasteiger partial charge is 0.481 e. The lowest BCUT2D eigenvalue weighted by molar-refractivity contribution is -0.158. The molecule has 0 spiro atoms. The number of hydrogen-bond donors (Lipinski definition) is 1. The van der Waals surface area contributed by atoms with E-state index in [0.717, 1.165) is 24.8 Å². The van der Waals surface area contributed by atoms with Crippen LogP contribution in [0.2, 0.25) is 0 Å². The molecule has 128 valence electrons. The highest BCUT2D eigenvalue weighted by Crippen LogP contribution is 2.30. The second kappa shape index (κ2) is 7.03. The number of hydrogen-bond acceptors (Lipinski definition) is 3. The highest BCUT2D eigenvalue weighted by atomic mass is 16.4. The first-order valence-electron chi connectivity index (χ1n) is 8.41. The van der Waals surface area contributed by atoms with E-state index in [9.17, 15) is 14.4 Å². The van der Waals surface area contributed by atoms with Crippen LogP contribution in [0.15, 0.2) is 30.3 Å². The summed E-state index contributed by atoms with van der Waals surface area (Å²) in [6, 6.07) is 8.72. The van der Waals surface area contributed by atoms with Gasteiger partial charge in [-0.2, -0.15) is 0 Å². The zero-order valence-corrected chi connectivity index (χ0v) is 13.6. The Hall–Kier alpha value is -2.37. The fraction of sp³-hybridized carbons (Fsp3) is 0.500. The van der Waals surface area contributed by atoms with E-state index >= 15 is 0 Å². The first kappa shape index (κ1) is 16.5. The molecule has 1 unspecified atom stereocenters. The van der Waals surface area contributed by atoms with E-state index in [1.54, 1.807) is 4.90 Å². The van der Waals surface area contributed by atoms with E-state index < -0.39 is 12.0 Å². The van der Waals surface area contributed by atoms with Gasteiger partial charge in [-0.3, -0.25) is 14.4 Å². The molecule has 1 saturated carbocycles. The molecule has 1 aliphatic heterocycles. The van der Waals surface area contributed by atoms with Crippen LogP contribution in [0.4, 0.5) is 0 Å². The summed E-state index contributed by atoms with van der Waals surface area (Å²) in [5, 5.41) is 9.16. The van der Waals surface area contributed by atoms with Crippen molar-refractivity contribution in [2.75, 3.05) is 13.1 Å². The van der Waals surface area contributed by atoms with Gasteiger partial charge in [0.2, 0.25) is 11.8 Å². The third kappa shape index (κ3) is 3.42. The molecule has 1 N–H and O–H groups in total. The van der Waals surface area contributed by atoms with Crippen molar-refractivity contribution in [1.29, 1.82) is 0 Å². The first-order valence-corrected chi connectivity index (χ1v) is 8.41. The monoisotopic (exact) mass is 330 g/mol. The molecule has 1 aromatic rings. The maximum absolute atomic E-state index is 12.8. The number of piperazine rings is 1. The number of benzene rings is 1. The van der Waals surface area contributed by atoms with Crippen LogP contribution in [0.25, 0.3) is 0 Å². The zero-order valence-electron chi connectivity index (χ0n) is 13.6. The first-order chi connectivity index (χ1) is 11.6. The minimum Gasteiger partial charge on any atom is -0.481 e. The van der Waals surface area contributed by atoms with Crippen LogP contribution in [-0.2, 0) is 20.9 Å². The van der Waals surface area contributed by atoms with Gasteiger partial charge < -0.3 is 14.9 Å². The third-order valence-corrected chi connectivity index (χ3v) is 4.91. The van der Waals surface area contributed by atoms with Crippen molar-refractivity contribution in [2.45, 2.75) is 38.3 Å². The highest BCUT2D eigenvalue weighted by molar-refractivity contribution is 5.92. The molecular weight excluding hydrogens is 308 g/mol. The van der Waals surface area contributed by atoms with Crippen LogP contribution in [0.3, 0.4) is 0 Å². The van der Waals surface area contributed by atoms with E-state index in [0.29, 0.717) is 19.6 Å². The minimum atomic E-state index is -1.05. The van der Waals surface area contributed by atoms with Gasteiger partial charge >= 0.3 is 5.97 Å². The van der Waals surface area contributed by atoms with Gasteiger partial charge in [-0.05, 0) is 18.4 Å². The number of carboxylic acids is 1. The number of carboxylic acid groups (broad SMARTS) is 1. The van der Waals surface area contributed by atoms with E-state index in [-0.39, 0.29) is 24.2 Å². The smallest absolute Gasteiger partial charge is 0.305 e. The van der Waals surface area contributed by atoms with E-state index in [4.69, 9.17) is 5.11 Å². The molecule has 24 heavy (non-hydrogen) atoms. The Bertz CT molecular complexity index is 627. The van der Waals surface area contributed by atoms with Gasteiger partial charge in [0.15, 0.2) is 0 Å². The van der Waals surface area contributed by atoms with Crippen molar-refractivity contribution >= 4 is 17.8 Å². The molecule has 2 aliphatic rings. The second-order valence-corrected chi connectivity index (χ2v) is 6.52. The summed E-state index contributed by atoms with van der Waals surface area (Å²) < 4.78 is 0. The minimum absolute atomic E-state index is 0.0326. The summed E-state index contributed by atoms with van der Waals surface area (Å²) in [5.74, 6) is -1.41. The van der Waals surface area contributed by atoms with Crippen LogP contribution < -0.4 is 0 Å². The molecule has 1 atom stereocenters. The third-order valence-electron chi connectivity index (χ3n) is 4.91. The van der Waals surface area contributed by atoms with Crippen molar-refractivity contribution in [2.24, 2.45) is 5.92 Å². The SMILES string of the molecule is O=C(O)CC1C(=O)N(Cc2ccccc2)CCN1C(=O)C1CCC1. The number of aliphatic carboxylic acids is 1. The van der Waals surface area contributed by atoms with Crippen LogP contribution in [0, 0.1) is 5.92 Å². The molecular formula is C18H22N2O4. The lowest BCUT2D eigenvalue weighted by Crippen LogP contribution is -2.60. The quantitative estimate of drug-likeness (QED) is 0.887. The van der Waals surface area contributed by atoms with Crippen LogP contribution in [0.5, 0.6) is 0 Å². The Morgan fingerprint density at radius 1 is 1.12 bits per heavy atom. The molecule has 1 aromatic carbocycles. The van der Waals surface area contributed by atoms with Crippen LogP contribution in [0.1, 0.15) is 31.2 Å². The summed E-state index contributed by atoms with van der Waals surface area (Å²) in [6.45, 7) is 1.30. The standard InChI is InChI=1S/C18H22N2O4/c21-16(22)11-15-18(24)19(12-13-5-2-1-3-6-13)9-10-20(15)17(23)14-7-4-8-14/h1-3,5-6,14-15H,4,7-12H2,(H,21,22). The Labute approximate surface area is 141 Å². The maximum Gasteiger partial charge on any atom is 0.305 e.